The summed E-state index contributed by atoms with van der Waals surface area (Å²) in [6.45, 7) is 8.01. The molecule has 1 unspecified atom stereocenters. The number of amides is 2. The molecule has 3 fully saturated rings. The van der Waals surface area contributed by atoms with Crippen LogP contribution in [0.5, 0.6) is 0 Å². The van der Waals surface area contributed by atoms with Crippen molar-refractivity contribution in [2.24, 2.45) is 5.92 Å². The maximum Gasteiger partial charge on any atom is 0.244 e. The van der Waals surface area contributed by atoms with Crippen LogP contribution in [0.25, 0.3) is 0 Å². The second-order valence-electron chi connectivity index (χ2n) is 10.0. The Kier molecular flexibility index (Phi) is 5.81. The number of rotatable bonds is 4. The minimum Gasteiger partial charge on any atom is -0.373 e. The Bertz CT molecular complexity index is 855. The van der Waals surface area contributed by atoms with Gasteiger partial charge in [-0.05, 0) is 77.1 Å². The average molecular weight is 428 g/mol. The highest BCUT2D eigenvalue weighted by Crippen LogP contribution is 2.40. The van der Waals surface area contributed by atoms with Crippen LogP contribution in [0.1, 0.15) is 59.3 Å². The molecule has 3 atom stereocenters. The number of nitrogens with one attached hydrogen (secondary N) is 2. The molecular formula is C24H33N3O4. The Morgan fingerprint density at radius 1 is 1.13 bits per heavy atom. The molecule has 0 bridgehead atoms. The SMILES string of the molecule is CC(C)(C)O[C@@H]1CC[C@]2(C1)NC(=O)C(C(=O)Nc1ccc(N3CCCCC3)cc1)C2=O. The first-order chi connectivity index (χ1) is 14.7. The third-order valence-corrected chi connectivity index (χ3v) is 6.47. The van der Waals surface area contributed by atoms with Crippen molar-refractivity contribution in [3.05, 3.63) is 24.3 Å². The first kappa shape index (κ1) is 21.8. The lowest BCUT2D eigenvalue weighted by Crippen LogP contribution is -2.45. The van der Waals surface area contributed by atoms with Crippen LogP contribution >= 0.6 is 0 Å². The van der Waals surface area contributed by atoms with E-state index >= 15 is 0 Å². The molecule has 2 amide bonds. The number of carbonyl (C=O) groups is 3. The Balaban J connectivity index is 1.40. The third kappa shape index (κ3) is 4.61. The lowest BCUT2D eigenvalue weighted by molar-refractivity contribution is -0.135. The second kappa shape index (κ2) is 8.26. The van der Waals surface area contributed by atoms with Crippen LogP contribution in [0.4, 0.5) is 11.4 Å². The van der Waals surface area contributed by atoms with E-state index in [0.29, 0.717) is 24.9 Å². The maximum atomic E-state index is 13.1. The zero-order valence-corrected chi connectivity index (χ0v) is 18.7. The highest BCUT2D eigenvalue weighted by atomic mass is 16.5. The Labute approximate surface area is 183 Å². The van der Waals surface area contributed by atoms with Crippen LogP contribution in [0.15, 0.2) is 24.3 Å². The molecule has 1 aliphatic carbocycles. The number of anilines is 2. The summed E-state index contributed by atoms with van der Waals surface area (Å²) in [5.41, 5.74) is 0.418. The number of nitrogens with zero attached hydrogens (tertiary/aromatic N) is 1. The van der Waals surface area contributed by atoms with Crippen molar-refractivity contribution in [2.45, 2.75) is 76.5 Å². The van der Waals surface area contributed by atoms with E-state index < -0.39 is 23.3 Å². The summed E-state index contributed by atoms with van der Waals surface area (Å²) in [6, 6.07) is 7.62. The summed E-state index contributed by atoms with van der Waals surface area (Å²) in [5, 5.41) is 5.59. The number of ketones is 1. The number of benzene rings is 1. The van der Waals surface area contributed by atoms with Crippen molar-refractivity contribution in [3.8, 4) is 0 Å². The average Bonchev–Trinajstić information content (AvgIpc) is 3.21. The van der Waals surface area contributed by atoms with E-state index in [2.05, 4.69) is 15.5 Å². The molecular weight excluding hydrogens is 394 g/mol. The highest BCUT2D eigenvalue weighted by molar-refractivity contribution is 6.27. The molecule has 3 aliphatic rings. The number of hydrogen-bond donors (Lipinski definition) is 2. The van der Waals surface area contributed by atoms with Crippen molar-refractivity contribution >= 4 is 29.0 Å². The van der Waals surface area contributed by atoms with E-state index in [4.69, 9.17) is 4.74 Å². The van der Waals surface area contributed by atoms with Gasteiger partial charge in [0.25, 0.3) is 0 Å². The fraction of sp³-hybridized carbons (Fsp3) is 0.625. The van der Waals surface area contributed by atoms with Gasteiger partial charge in [0.05, 0.1) is 11.7 Å². The molecule has 2 heterocycles. The number of carbonyl (C=O) groups excluding carboxylic acids is 3. The molecule has 168 valence electrons. The van der Waals surface area contributed by atoms with Crippen LogP contribution in [-0.2, 0) is 19.1 Å². The van der Waals surface area contributed by atoms with Crippen LogP contribution in [0.3, 0.4) is 0 Å². The molecule has 1 aromatic carbocycles. The van der Waals surface area contributed by atoms with E-state index in [1.165, 1.54) is 19.3 Å². The smallest absolute Gasteiger partial charge is 0.244 e. The van der Waals surface area contributed by atoms with Crippen LogP contribution in [-0.4, -0.2) is 47.9 Å². The van der Waals surface area contributed by atoms with Crippen LogP contribution in [0.2, 0.25) is 0 Å². The number of Topliss-reactive ketones (excluding diaryl/α,β-unsaturated/α-hetero) is 1. The predicted molar refractivity (Wildman–Crippen MR) is 119 cm³/mol. The van der Waals surface area contributed by atoms with Crippen LogP contribution < -0.4 is 15.5 Å². The van der Waals surface area contributed by atoms with Crippen molar-refractivity contribution in [3.63, 3.8) is 0 Å². The zero-order chi connectivity index (χ0) is 22.2. The van der Waals surface area contributed by atoms with E-state index in [9.17, 15) is 14.4 Å². The van der Waals surface area contributed by atoms with Gasteiger partial charge in [-0.2, -0.15) is 0 Å². The van der Waals surface area contributed by atoms with E-state index in [1.807, 2.05) is 45.0 Å². The first-order valence-corrected chi connectivity index (χ1v) is 11.4. The summed E-state index contributed by atoms with van der Waals surface area (Å²) in [5.74, 6) is -2.72. The fourth-order valence-electron chi connectivity index (χ4n) is 5.06. The molecule has 0 aromatic heterocycles. The monoisotopic (exact) mass is 427 g/mol. The van der Waals surface area contributed by atoms with Crippen molar-refractivity contribution < 1.29 is 19.1 Å². The zero-order valence-electron chi connectivity index (χ0n) is 18.7. The number of piperidine rings is 1. The summed E-state index contributed by atoms with van der Waals surface area (Å²) in [4.78, 5) is 40.9. The largest absolute Gasteiger partial charge is 0.373 e. The van der Waals surface area contributed by atoms with Gasteiger partial charge >= 0.3 is 0 Å². The van der Waals surface area contributed by atoms with Crippen LogP contribution in [0, 0.1) is 5.92 Å². The third-order valence-electron chi connectivity index (χ3n) is 6.47. The van der Waals surface area contributed by atoms with Gasteiger partial charge in [-0.25, -0.2) is 0 Å². The second-order valence-corrected chi connectivity index (χ2v) is 10.0. The van der Waals surface area contributed by atoms with E-state index in [-0.39, 0.29) is 17.5 Å². The molecule has 1 aromatic rings. The van der Waals surface area contributed by atoms with Crippen molar-refractivity contribution in [1.29, 1.82) is 0 Å². The van der Waals surface area contributed by atoms with Gasteiger partial charge in [-0.1, -0.05) is 0 Å². The Morgan fingerprint density at radius 2 is 1.81 bits per heavy atom. The fourth-order valence-corrected chi connectivity index (χ4v) is 5.06. The first-order valence-electron chi connectivity index (χ1n) is 11.4. The molecule has 4 rings (SSSR count). The van der Waals surface area contributed by atoms with Crippen molar-refractivity contribution in [2.75, 3.05) is 23.3 Å². The molecule has 0 radical (unpaired) electrons. The van der Waals surface area contributed by atoms with Gasteiger partial charge in [-0.15, -0.1) is 0 Å². The number of hydrogen-bond acceptors (Lipinski definition) is 5. The minimum absolute atomic E-state index is 0.103. The van der Waals surface area contributed by atoms with Crippen molar-refractivity contribution in [1.82, 2.24) is 5.32 Å². The quantitative estimate of drug-likeness (QED) is 0.721. The van der Waals surface area contributed by atoms with Gasteiger partial charge in [0, 0.05) is 30.9 Å². The molecule has 31 heavy (non-hydrogen) atoms. The molecule has 2 aliphatic heterocycles. The number of ether oxygens (including phenoxy) is 1. The van der Waals surface area contributed by atoms with Gasteiger partial charge < -0.3 is 20.3 Å². The maximum absolute atomic E-state index is 13.1. The molecule has 1 saturated carbocycles. The highest BCUT2D eigenvalue weighted by Gasteiger charge is 2.58. The van der Waals surface area contributed by atoms with E-state index in [0.717, 1.165) is 18.8 Å². The molecule has 2 N–H and O–H groups in total. The van der Waals surface area contributed by atoms with Gasteiger partial charge in [0.2, 0.25) is 11.8 Å². The van der Waals surface area contributed by atoms with E-state index in [1.54, 1.807) is 0 Å². The standard InChI is InChI=1S/C24H33N3O4/c1-23(2,3)31-18-11-12-24(15-18)20(28)19(22(30)26-24)21(29)25-16-7-9-17(10-8-16)27-13-5-4-6-14-27/h7-10,18-19H,4-6,11-15H2,1-3H3,(H,25,29)(H,26,30)/t18-,19?,24-/m1/s1. The molecule has 2 saturated heterocycles. The summed E-state index contributed by atoms with van der Waals surface area (Å²) >= 11 is 0. The summed E-state index contributed by atoms with van der Waals surface area (Å²) in [6.07, 6.45) is 5.17. The lowest BCUT2D eigenvalue weighted by Gasteiger charge is -2.28. The Morgan fingerprint density at radius 3 is 2.45 bits per heavy atom. The molecule has 7 nitrogen and oxygen atoms in total. The predicted octanol–water partition coefficient (Wildman–Crippen LogP) is 3.04. The summed E-state index contributed by atoms with van der Waals surface area (Å²) in [7, 11) is 0. The minimum atomic E-state index is -1.31. The summed E-state index contributed by atoms with van der Waals surface area (Å²) < 4.78 is 6.01. The Hall–Kier alpha value is -2.41. The van der Waals surface area contributed by atoms with Gasteiger partial charge in [0.1, 0.15) is 5.54 Å². The molecule has 7 heteroatoms. The normalized spacial score (nSPS) is 28.8. The van der Waals surface area contributed by atoms with Gasteiger partial charge in [-0.3, -0.25) is 14.4 Å². The topological polar surface area (TPSA) is 87.7 Å². The van der Waals surface area contributed by atoms with Gasteiger partial charge in [0.15, 0.2) is 11.7 Å². The lowest BCUT2D eigenvalue weighted by atomic mass is 9.89. The molecule has 1 spiro atoms.